The first-order valence-electron chi connectivity index (χ1n) is 6.92. The lowest BCUT2D eigenvalue weighted by atomic mass is 9.99. The third kappa shape index (κ3) is 4.15. The number of halogens is 1. The van der Waals surface area contributed by atoms with Crippen LogP contribution < -0.4 is 5.32 Å². The van der Waals surface area contributed by atoms with Crippen molar-refractivity contribution in [2.75, 3.05) is 6.54 Å². The molecule has 0 spiro atoms. The molecule has 1 aromatic rings. The van der Waals surface area contributed by atoms with Gasteiger partial charge in [0, 0.05) is 16.8 Å². The molecule has 1 aromatic carbocycles. The molecule has 2 nitrogen and oxygen atoms in total. The molecule has 1 N–H and O–H groups in total. The fourth-order valence-electron chi connectivity index (χ4n) is 2.37. The molecule has 0 aromatic heterocycles. The van der Waals surface area contributed by atoms with Gasteiger partial charge in [-0.3, -0.25) is 4.99 Å². The molecular formula is C15H21ClN2S. The van der Waals surface area contributed by atoms with Crippen LogP contribution in [0.3, 0.4) is 0 Å². The maximum absolute atomic E-state index is 5.98. The fraction of sp³-hybridized carbons (Fsp3) is 0.533. The number of amidine groups is 1. The van der Waals surface area contributed by atoms with Crippen LogP contribution in [0.4, 0.5) is 0 Å². The number of hydrogen-bond donors (Lipinski definition) is 1. The molecular weight excluding hydrogens is 276 g/mol. The number of thioether (sulfide) groups is 1. The van der Waals surface area contributed by atoms with Crippen LogP contribution in [0.5, 0.6) is 0 Å². The van der Waals surface area contributed by atoms with Crippen LogP contribution in [-0.2, 0) is 6.54 Å². The van der Waals surface area contributed by atoms with Crippen LogP contribution in [0.15, 0.2) is 29.3 Å². The smallest absolute Gasteiger partial charge is 0.157 e. The summed E-state index contributed by atoms with van der Waals surface area (Å²) in [5, 5.41) is 5.93. The van der Waals surface area contributed by atoms with Crippen molar-refractivity contribution in [2.45, 2.75) is 38.5 Å². The Kier molecular flexibility index (Phi) is 5.59. The summed E-state index contributed by atoms with van der Waals surface area (Å²) in [5.41, 5.74) is 1.20. The topological polar surface area (TPSA) is 24.4 Å². The van der Waals surface area contributed by atoms with Crippen molar-refractivity contribution in [3.8, 4) is 0 Å². The van der Waals surface area contributed by atoms with Crippen LogP contribution in [0.25, 0.3) is 0 Å². The molecule has 0 amide bonds. The van der Waals surface area contributed by atoms with E-state index < -0.39 is 0 Å². The van der Waals surface area contributed by atoms with Gasteiger partial charge in [-0.2, -0.15) is 0 Å². The van der Waals surface area contributed by atoms with Crippen LogP contribution in [0.2, 0.25) is 5.02 Å². The summed E-state index contributed by atoms with van der Waals surface area (Å²) < 4.78 is 0. The minimum Gasteiger partial charge on any atom is -0.361 e. The predicted molar refractivity (Wildman–Crippen MR) is 86.0 cm³/mol. The number of nitrogens with zero attached hydrogens (tertiary/aromatic N) is 1. The van der Waals surface area contributed by atoms with Crippen LogP contribution in [0, 0.1) is 5.92 Å². The second-order valence-corrected chi connectivity index (χ2v) is 6.53. The van der Waals surface area contributed by atoms with Gasteiger partial charge in [0.05, 0.1) is 6.54 Å². The van der Waals surface area contributed by atoms with Gasteiger partial charge in [0.1, 0.15) is 0 Å². The summed E-state index contributed by atoms with van der Waals surface area (Å²) in [5.74, 6) is 0.777. The number of hydrogen-bond acceptors (Lipinski definition) is 3. The predicted octanol–water partition coefficient (Wildman–Crippen LogP) is 4.34. The van der Waals surface area contributed by atoms with E-state index in [0.29, 0.717) is 5.25 Å². The Balaban J connectivity index is 1.82. The Labute approximate surface area is 125 Å². The van der Waals surface area contributed by atoms with Gasteiger partial charge in [-0.1, -0.05) is 62.2 Å². The molecule has 1 heterocycles. The first kappa shape index (κ1) is 14.7. The van der Waals surface area contributed by atoms with Crippen molar-refractivity contribution in [2.24, 2.45) is 10.9 Å². The molecule has 0 saturated heterocycles. The number of nitrogens with one attached hydrogen (secondary N) is 1. The Hall–Kier alpha value is -0.670. The Morgan fingerprint density at radius 1 is 1.42 bits per heavy atom. The number of benzene rings is 1. The second-order valence-electron chi connectivity index (χ2n) is 4.86. The molecule has 1 unspecified atom stereocenters. The van der Waals surface area contributed by atoms with E-state index in [4.69, 9.17) is 11.6 Å². The highest BCUT2D eigenvalue weighted by molar-refractivity contribution is 8.14. The molecule has 104 valence electrons. The van der Waals surface area contributed by atoms with Gasteiger partial charge in [-0.15, -0.1) is 0 Å². The highest BCUT2D eigenvalue weighted by Crippen LogP contribution is 2.30. The van der Waals surface area contributed by atoms with Crippen molar-refractivity contribution in [3.63, 3.8) is 0 Å². The molecule has 1 aliphatic heterocycles. The zero-order valence-corrected chi connectivity index (χ0v) is 13.1. The molecule has 0 fully saturated rings. The van der Waals surface area contributed by atoms with Gasteiger partial charge in [0.25, 0.3) is 0 Å². The third-order valence-electron chi connectivity index (χ3n) is 3.59. The zero-order chi connectivity index (χ0) is 13.7. The van der Waals surface area contributed by atoms with E-state index in [2.05, 4.69) is 30.2 Å². The van der Waals surface area contributed by atoms with Gasteiger partial charge in [-0.05, 0) is 23.6 Å². The molecule has 0 radical (unpaired) electrons. The first-order valence-corrected chi connectivity index (χ1v) is 8.18. The average molecular weight is 297 g/mol. The summed E-state index contributed by atoms with van der Waals surface area (Å²) in [6.45, 7) is 6.29. The zero-order valence-electron chi connectivity index (χ0n) is 11.5. The summed E-state index contributed by atoms with van der Waals surface area (Å²) >= 11 is 7.88. The van der Waals surface area contributed by atoms with Gasteiger partial charge in [0.2, 0.25) is 0 Å². The molecule has 19 heavy (non-hydrogen) atoms. The molecule has 1 atom stereocenters. The molecule has 0 bridgehead atoms. The maximum Gasteiger partial charge on any atom is 0.157 e. The summed E-state index contributed by atoms with van der Waals surface area (Å²) in [4.78, 5) is 4.61. The lowest BCUT2D eigenvalue weighted by molar-refractivity contribution is 0.479. The molecule has 4 heteroatoms. The van der Waals surface area contributed by atoms with Crippen molar-refractivity contribution in [1.29, 1.82) is 0 Å². The van der Waals surface area contributed by atoms with Crippen molar-refractivity contribution in [1.82, 2.24) is 5.32 Å². The Bertz CT molecular complexity index is 444. The van der Waals surface area contributed by atoms with E-state index in [0.717, 1.165) is 29.2 Å². The summed E-state index contributed by atoms with van der Waals surface area (Å²) in [6.07, 6.45) is 2.48. The Morgan fingerprint density at radius 3 is 2.89 bits per heavy atom. The van der Waals surface area contributed by atoms with Crippen LogP contribution >= 0.6 is 23.4 Å². The largest absolute Gasteiger partial charge is 0.361 e. The fourth-order valence-corrected chi connectivity index (χ4v) is 3.90. The number of rotatable bonds is 5. The highest BCUT2D eigenvalue weighted by atomic mass is 35.5. The molecule has 2 rings (SSSR count). The SMILES string of the molecule is CCC(CC)C1CN=C(NCc2cccc(Cl)c2)S1. The molecule has 0 aliphatic carbocycles. The first-order chi connectivity index (χ1) is 9.22. The maximum atomic E-state index is 5.98. The summed E-state index contributed by atoms with van der Waals surface area (Å²) in [7, 11) is 0. The quantitative estimate of drug-likeness (QED) is 0.874. The van der Waals surface area contributed by atoms with Gasteiger partial charge in [-0.25, -0.2) is 0 Å². The van der Waals surface area contributed by atoms with E-state index in [9.17, 15) is 0 Å². The van der Waals surface area contributed by atoms with Crippen LogP contribution in [-0.4, -0.2) is 17.0 Å². The third-order valence-corrected chi connectivity index (χ3v) is 5.15. The van der Waals surface area contributed by atoms with E-state index >= 15 is 0 Å². The highest BCUT2D eigenvalue weighted by Gasteiger charge is 2.25. The van der Waals surface area contributed by atoms with E-state index in [1.807, 2.05) is 30.0 Å². The minimum atomic E-state index is 0.650. The van der Waals surface area contributed by atoms with Crippen LogP contribution in [0.1, 0.15) is 32.3 Å². The van der Waals surface area contributed by atoms with Gasteiger partial charge in [0.15, 0.2) is 5.17 Å². The van der Waals surface area contributed by atoms with E-state index in [1.165, 1.54) is 18.4 Å². The number of aliphatic imine (C=N–C) groups is 1. The monoisotopic (exact) mass is 296 g/mol. The van der Waals surface area contributed by atoms with Crippen molar-refractivity contribution < 1.29 is 0 Å². The average Bonchev–Trinajstić information content (AvgIpc) is 2.87. The van der Waals surface area contributed by atoms with E-state index in [1.54, 1.807) is 0 Å². The van der Waals surface area contributed by atoms with Gasteiger partial charge < -0.3 is 5.32 Å². The van der Waals surface area contributed by atoms with E-state index in [-0.39, 0.29) is 0 Å². The normalized spacial score (nSPS) is 18.7. The van der Waals surface area contributed by atoms with Crippen molar-refractivity contribution in [3.05, 3.63) is 34.9 Å². The van der Waals surface area contributed by atoms with Gasteiger partial charge >= 0.3 is 0 Å². The molecule has 0 saturated carbocycles. The lowest BCUT2D eigenvalue weighted by Crippen LogP contribution is -2.21. The lowest BCUT2D eigenvalue weighted by Gasteiger charge is -2.18. The standard InChI is InChI=1S/C15H21ClN2S/c1-3-12(4-2)14-10-18-15(19-14)17-9-11-6-5-7-13(16)8-11/h5-8,12,14H,3-4,9-10H2,1-2H3,(H,17,18). The van der Waals surface area contributed by atoms with Crippen molar-refractivity contribution >= 4 is 28.5 Å². The second kappa shape index (κ2) is 7.20. The minimum absolute atomic E-state index is 0.650. The molecule has 1 aliphatic rings. The summed E-state index contributed by atoms with van der Waals surface area (Å²) in [6, 6.07) is 7.95. The Morgan fingerprint density at radius 2 is 2.21 bits per heavy atom.